The standard InChI is InChI=1S/C17H28N4O4/c1-11(22)13-10-20(12-9-19-15(18)8-14(12)24-5)6-7-21(13)16(23)25-17(2,3)4/h8-9,11,13,22H,6-7,10H2,1-5H3,(H2,18,19). The smallest absolute Gasteiger partial charge is 0.410 e. The second kappa shape index (κ2) is 7.35. The monoisotopic (exact) mass is 352 g/mol. The summed E-state index contributed by atoms with van der Waals surface area (Å²) >= 11 is 0. The number of rotatable bonds is 3. The lowest BCUT2D eigenvalue weighted by molar-refractivity contribution is -0.00560. The Labute approximate surface area is 148 Å². The summed E-state index contributed by atoms with van der Waals surface area (Å²) in [5.41, 5.74) is 5.91. The lowest BCUT2D eigenvalue weighted by Gasteiger charge is -2.43. The van der Waals surface area contributed by atoms with Crippen LogP contribution in [0.15, 0.2) is 12.3 Å². The third-order valence-electron chi connectivity index (χ3n) is 4.03. The highest BCUT2D eigenvalue weighted by atomic mass is 16.6. The first-order chi connectivity index (χ1) is 11.6. The molecule has 8 nitrogen and oxygen atoms in total. The Morgan fingerprint density at radius 2 is 2.12 bits per heavy atom. The highest BCUT2D eigenvalue weighted by Gasteiger charge is 2.36. The first-order valence-corrected chi connectivity index (χ1v) is 8.34. The zero-order valence-corrected chi connectivity index (χ0v) is 15.5. The zero-order chi connectivity index (χ0) is 18.8. The minimum atomic E-state index is -0.706. The molecule has 1 aliphatic heterocycles. The molecule has 1 aromatic rings. The first-order valence-electron chi connectivity index (χ1n) is 8.34. The number of aliphatic hydroxyl groups is 1. The van der Waals surface area contributed by atoms with E-state index in [9.17, 15) is 9.90 Å². The number of aliphatic hydroxyl groups excluding tert-OH is 1. The second-order valence-corrected chi connectivity index (χ2v) is 7.21. The molecule has 8 heteroatoms. The van der Waals surface area contributed by atoms with Crippen molar-refractivity contribution >= 4 is 17.6 Å². The summed E-state index contributed by atoms with van der Waals surface area (Å²) in [5.74, 6) is 0.989. The largest absolute Gasteiger partial charge is 0.494 e. The summed E-state index contributed by atoms with van der Waals surface area (Å²) in [4.78, 5) is 20.2. The van der Waals surface area contributed by atoms with Gasteiger partial charge in [0.05, 0.1) is 31.1 Å². The summed E-state index contributed by atoms with van der Waals surface area (Å²) < 4.78 is 10.8. The van der Waals surface area contributed by atoms with Crippen LogP contribution >= 0.6 is 0 Å². The number of nitrogens with two attached hydrogens (primary N) is 1. The van der Waals surface area contributed by atoms with E-state index in [1.165, 1.54) is 0 Å². The van der Waals surface area contributed by atoms with Crippen LogP contribution in [0.25, 0.3) is 0 Å². The molecule has 0 radical (unpaired) electrons. The molecule has 0 saturated carbocycles. The van der Waals surface area contributed by atoms with Crippen LogP contribution in [0, 0.1) is 0 Å². The minimum Gasteiger partial charge on any atom is -0.494 e. The number of pyridine rings is 1. The molecule has 2 rings (SSSR count). The number of nitrogen functional groups attached to an aromatic ring is 1. The second-order valence-electron chi connectivity index (χ2n) is 7.21. The van der Waals surface area contributed by atoms with Crippen LogP contribution in [0.2, 0.25) is 0 Å². The lowest BCUT2D eigenvalue weighted by Crippen LogP contribution is -2.59. The van der Waals surface area contributed by atoms with E-state index in [4.69, 9.17) is 15.2 Å². The van der Waals surface area contributed by atoms with E-state index < -0.39 is 23.8 Å². The van der Waals surface area contributed by atoms with E-state index in [1.807, 2.05) is 25.7 Å². The zero-order valence-electron chi connectivity index (χ0n) is 15.5. The number of hydrogen-bond acceptors (Lipinski definition) is 7. The third kappa shape index (κ3) is 4.66. The van der Waals surface area contributed by atoms with Gasteiger partial charge in [0.2, 0.25) is 0 Å². The SMILES string of the molecule is COc1cc(N)ncc1N1CCN(C(=O)OC(C)(C)C)C(C(C)O)C1. The van der Waals surface area contributed by atoms with E-state index in [2.05, 4.69) is 4.98 Å². The van der Waals surface area contributed by atoms with Gasteiger partial charge in [0, 0.05) is 25.7 Å². The minimum absolute atomic E-state index is 0.375. The Hall–Kier alpha value is -2.22. The number of carbonyl (C=O) groups excluding carboxylic acids is 1. The average Bonchev–Trinajstić information content (AvgIpc) is 2.52. The molecule has 0 bridgehead atoms. The number of methoxy groups -OCH3 is 1. The highest BCUT2D eigenvalue weighted by Crippen LogP contribution is 2.31. The van der Waals surface area contributed by atoms with E-state index in [0.29, 0.717) is 31.2 Å². The average molecular weight is 352 g/mol. The molecule has 0 aliphatic carbocycles. The number of piperazine rings is 1. The lowest BCUT2D eigenvalue weighted by atomic mass is 10.1. The molecule has 0 spiro atoms. The Morgan fingerprint density at radius 1 is 1.44 bits per heavy atom. The molecule has 3 N–H and O–H groups in total. The molecule has 140 valence electrons. The molecule has 2 atom stereocenters. The maximum atomic E-state index is 12.5. The van der Waals surface area contributed by atoms with Crippen molar-refractivity contribution in [2.24, 2.45) is 0 Å². The van der Waals surface area contributed by atoms with E-state index in [0.717, 1.165) is 5.69 Å². The molecule has 1 aromatic heterocycles. The number of aromatic nitrogens is 1. The van der Waals surface area contributed by atoms with Crippen molar-refractivity contribution in [3.63, 3.8) is 0 Å². The summed E-state index contributed by atoms with van der Waals surface area (Å²) in [6.45, 7) is 8.58. The molecule has 1 aliphatic rings. The van der Waals surface area contributed by atoms with E-state index >= 15 is 0 Å². The maximum absolute atomic E-state index is 12.5. The van der Waals surface area contributed by atoms with Gasteiger partial charge in [0.15, 0.2) is 0 Å². The van der Waals surface area contributed by atoms with Crippen molar-refractivity contribution in [2.45, 2.75) is 45.4 Å². The van der Waals surface area contributed by atoms with Gasteiger partial charge in [-0.1, -0.05) is 0 Å². The predicted octanol–water partition coefficient (Wildman–Crippen LogP) is 1.48. The Bertz CT molecular complexity index is 615. The van der Waals surface area contributed by atoms with Crippen LogP contribution in [-0.2, 0) is 4.74 Å². The molecule has 0 aromatic carbocycles. The molecular formula is C17H28N4O4. The van der Waals surface area contributed by atoms with Crippen molar-refractivity contribution in [3.05, 3.63) is 12.3 Å². The highest BCUT2D eigenvalue weighted by molar-refractivity contribution is 5.70. The maximum Gasteiger partial charge on any atom is 0.410 e. The molecule has 25 heavy (non-hydrogen) atoms. The van der Waals surface area contributed by atoms with Gasteiger partial charge >= 0.3 is 6.09 Å². The Balaban J connectivity index is 2.20. The molecule has 2 unspecified atom stereocenters. The van der Waals surface area contributed by atoms with Crippen molar-refractivity contribution in [1.29, 1.82) is 0 Å². The Kier molecular flexibility index (Phi) is 5.62. The molecule has 1 saturated heterocycles. The van der Waals surface area contributed by atoms with E-state index in [1.54, 1.807) is 31.2 Å². The summed E-state index contributed by atoms with van der Waals surface area (Å²) in [6.07, 6.45) is 0.527. The number of amides is 1. The number of nitrogens with zero attached hydrogens (tertiary/aromatic N) is 3. The topological polar surface area (TPSA) is 101 Å². The van der Waals surface area contributed by atoms with Gasteiger partial charge in [0.1, 0.15) is 17.2 Å². The van der Waals surface area contributed by atoms with Gasteiger partial charge in [-0.15, -0.1) is 0 Å². The predicted molar refractivity (Wildman–Crippen MR) is 95.8 cm³/mol. The van der Waals surface area contributed by atoms with Crippen LogP contribution in [0.1, 0.15) is 27.7 Å². The summed E-state index contributed by atoms with van der Waals surface area (Å²) in [5, 5.41) is 10.2. The van der Waals surface area contributed by atoms with E-state index in [-0.39, 0.29) is 0 Å². The van der Waals surface area contributed by atoms with Gasteiger partial charge in [-0.3, -0.25) is 4.90 Å². The van der Waals surface area contributed by atoms with Crippen LogP contribution < -0.4 is 15.4 Å². The number of ether oxygens (including phenoxy) is 2. The van der Waals surface area contributed by atoms with Gasteiger partial charge in [-0.25, -0.2) is 9.78 Å². The van der Waals surface area contributed by atoms with Crippen LogP contribution in [0.4, 0.5) is 16.3 Å². The van der Waals surface area contributed by atoms with Gasteiger partial charge in [0.25, 0.3) is 0 Å². The fourth-order valence-corrected chi connectivity index (χ4v) is 2.83. The van der Waals surface area contributed by atoms with Crippen LogP contribution in [0.3, 0.4) is 0 Å². The van der Waals surface area contributed by atoms with Crippen LogP contribution in [-0.4, -0.2) is 65.6 Å². The van der Waals surface area contributed by atoms with Crippen molar-refractivity contribution in [2.75, 3.05) is 37.4 Å². The molecule has 1 fully saturated rings. The molecule has 1 amide bonds. The van der Waals surface area contributed by atoms with Crippen molar-refractivity contribution < 1.29 is 19.4 Å². The fraction of sp³-hybridized carbons (Fsp3) is 0.647. The molecule has 2 heterocycles. The van der Waals surface area contributed by atoms with Crippen molar-refractivity contribution in [1.82, 2.24) is 9.88 Å². The van der Waals surface area contributed by atoms with Gasteiger partial charge in [-0.2, -0.15) is 0 Å². The molecular weight excluding hydrogens is 324 g/mol. The van der Waals surface area contributed by atoms with Crippen LogP contribution in [0.5, 0.6) is 5.75 Å². The summed E-state index contributed by atoms with van der Waals surface area (Å²) in [7, 11) is 1.57. The third-order valence-corrected chi connectivity index (χ3v) is 4.03. The number of hydrogen-bond donors (Lipinski definition) is 2. The Morgan fingerprint density at radius 3 is 2.68 bits per heavy atom. The quantitative estimate of drug-likeness (QED) is 0.849. The fourth-order valence-electron chi connectivity index (χ4n) is 2.83. The first kappa shape index (κ1) is 19.1. The summed E-state index contributed by atoms with van der Waals surface area (Å²) in [6, 6.07) is 1.26. The van der Waals surface area contributed by atoms with Crippen molar-refractivity contribution in [3.8, 4) is 5.75 Å². The number of anilines is 2. The number of carbonyl (C=O) groups is 1. The normalized spacial score (nSPS) is 19.5. The van der Waals surface area contributed by atoms with Gasteiger partial charge < -0.3 is 25.2 Å². The van der Waals surface area contributed by atoms with Gasteiger partial charge in [-0.05, 0) is 27.7 Å².